The number of amides is 1. The first-order valence-electron chi connectivity index (χ1n) is 9.45. The van der Waals surface area contributed by atoms with E-state index in [1.54, 1.807) is 16.7 Å². The van der Waals surface area contributed by atoms with Gasteiger partial charge in [0.2, 0.25) is 10.0 Å². The number of halogens is 1. The summed E-state index contributed by atoms with van der Waals surface area (Å²) < 4.78 is 41.4. The molecule has 3 aromatic rings. The van der Waals surface area contributed by atoms with E-state index < -0.39 is 10.0 Å². The molecular weight excluding hydrogens is 395 g/mol. The summed E-state index contributed by atoms with van der Waals surface area (Å²) in [5.41, 5.74) is 1.77. The smallest absolute Gasteiger partial charge is 0.251 e. The van der Waals surface area contributed by atoms with Crippen molar-refractivity contribution in [3.8, 4) is 0 Å². The number of fused-ring (bicyclic) bond motifs is 1. The van der Waals surface area contributed by atoms with E-state index in [1.165, 1.54) is 40.8 Å². The highest BCUT2D eigenvalue weighted by molar-refractivity contribution is 7.89. The van der Waals surface area contributed by atoms with Crippen LogP contribution in [0.5, 0.6) is 0 Å². The van der Waals surface area contributed by atoms with Crippen molar-refractivity contribution in [2.24, 2.45) is 0 Å². The molecule has 1 amide bonds. The number of aromatic nitrogens is 2. The predicted molar refractivity (Wildman–Crippen MR) is 106 cm³/mol. The number of sulfonamides is 1. The van der Waals surface area contributed by atoms with Gasteiger partial charge in [0.25, 0.3) is 5.91 Å². The van der Waals surface area contributed by atoms with E-state index in [-0.39, 0.29) is 16.6 Å². The molecule has 1 aliphatic rings. The normalized spacial score (nSPS) is 15.1. The third-order valence-corrected chi connectivity index (χ3v) is 6.86. The van der Waals surface area contributed by atoms with Crippen LogP contribution in [0.2, 0.25) is 0 Å². The van der Waals surface area contributed by atoms with Gasteiger partial charge in [0.05, 0.1) is 10.6 Å². The fraction of sp³-hybridized carbons (Fsp3) is 0.300. The van der Waals surface area contributed by atoms with Crippen molar-refractivity contribution in [1.82, 2.24) is 19.0 Å². The van der Waals surface area contributed by atoms with Crippen LogP contribution in [0, 0.1) is 5.82 Å². The Bertz CT molecular complexity index is 1140. The maximum atomic E-state index is 13.2. The lowest BCUT2D eigenvalue weighted by atomic mass is 10.2. The molecule has 1 saturated heterocycles. The van der Waals surface area contributed by atoms with Gasteiger partial charge in [0.15, 0.2) is 0 Å². The minimum atomic E-state index is -3.49. The van der Waals surface area contributed by atoms with Crippen molar-refractivity contribution in [2.75, 3.05) is 19.6 Å². The second-order valence-electron chi connectivity index (χ2n) is 6.99. The van der Waals surface area contributed by atoms with Gasteiger partial charge in [-0.1, -0.05) is 0 Å². The van der Waals surface area contributed by atoms with Gasteiger partial charge in [-0.05, 0) is 49.2 Å². The molecule has 7 nitrogen and oxygen atoms in total. The van der Waals surface area contributed by atoms with Crippen molar-refractivity contribution in [1.29, 1.82) is 0 Å². The third kappa shape index (κ3) is 4.15. The molecule has 0 unspecified atom stereocenters. The van der Waals surface area contributed by atoms with E-state index in [1.807, 2.05) is 0 Å². The van der Waals surface area contributed by atoms with Gasteiger partial charge in [-0.2, -0.15) is 4.31 Å². The van der Waals surface area contributed by atoms with Crippen molar-refractivity contribution < 1.29 is 17.6 Å². The number of nitrogens with zero attached hydrogens (tertiary/aromatic N) is 3. The Labute approximate surface area is 168 Å². The second-order valence-corrected chi connectivity index (χ2v) is 8.92. The van der Waals surface area contributed by atoms with Gasteiger partial charge in [-0.3, -0.25) is 4.79 Å². The molecule has 4 rings (SSSR count). The average Bonchev–Trinajstić information content (AvgIpc) is 3.38. The van der Waals surface area contributed by atoms with Crippen LogP contribution in [0.25, 0.3) is 5.65 Å². The molecule has 0 atom stereocenters. The molecule has 152 valence electrons. The quantitative estimate of drug-likeness (QED) is 0.668. The summed E-state index contributed by atoms with van der Waals surface area (Å²) in [6.45, 7) is 1.44. The molecule has 1 fully saturated rings. The minimum Gasteiger partial charge on any atom is -0.352 e. The van der Waals surface area contributed by atoms with Crippen molar-refractivity contribution in [3.63, 3.8) is 0 Å². The van der Waals surface area contributed by atoms with Crippen molar-refractivity contribution in [2.45, 2.75) is 24.2 Å². The number of pyridine rings is 1. The van der Waals surface area contributed by atoms with E-state index >= 15 is 0 Å². The first kappa shape index (κ1) is 19.5. The number of benzene rings is 1. The SMILES string of the molecule is O=C(NCCc1cn2cc(F)ccc2n1)c1ccc(S(=O)(=O)N2CCCC2)cc1. The topological polar surface area (TPSA) is 83.8 Å². The van der Waals surface area contributed by atoms with Gasteiger partial charge in [0.1, 0.15) is 11.5 Å². The Hall–Kier alpha value is -2.78. The molecule has 1 aromatic carbocycles. The van der Waals surface area contributed by atoms with Gasteiger partial charge in [-0.25, -0.2) is 17.8 Å². The zero-order valence-electron chi connectivity index (χ0n) is 15.7. The Morgan fingerprint density at radius 1 is 1.07 bits per heavy atom. The standard InChI is InChI=1S/C20H21FN4O3S/c21-16-5-8-19-23-17(14-24(19)13-16)9-10-22-20(26)15-3-6-18(7-4-15)29(27,28)25-11-1-2-12-25/h3-8,13-14H,1-2,9-12H2,(H,22,26). The minimum absolute atomic E-state index is 0.202. The maximum absolute atomic E-state index is 13.2. The highest BCUT2D eigenvalue weighted by Crippen LogP contribution is 2.21. The van der Waals surface area contributed by atoms with Gasteiger partial charge >= 0.3 is 0 Å². The molecule has 2 aromatic heterocycles. The molecule has 0 radical (unpaired) electrons. The monoisotopic (exact) mass is 416 g/mol. The van der Waals surface area contributed by atoms with E-state index in [2.05, 4.69) is 10.3 Å². The van der Waals surface area contributed by atoms with E-state index in [0.29, 0.717) is 37.3 Å². The van der Waals surface area contributed by atoms with Crippen LogP contribution < -0.4 is 5.32 Å². The lowest BCUT2D eigenvalue weighted by molar-refractivity contribution is 0.0954. The molecule has 3 heterocycles. The lowest BCUT2D eigenvalue weighted by Crippen LogP contribution is -2.28. The largest absolute Gasteiger partial charge is 0.352 e. The Morgan fingerprint density at radius 3 is 2.52 bits per heavy atom. The zero-order chi connectivity index (χ0) is 20.4. The van der Waals surface area contributed by atoms with Crippen molar-refractivity contribution in [3.05, 3.63) is 65.9 Å². The molecule has 1 aliphatic heterocycles. The summed E-state index contributed by atoms with van der Waals surface area (Å²) in [6.07, 6.45) is 5.32. The number of carbonyl (C=O) groups excluding carboxylic acids is 1. The van der Waals surface area contributed by atoms with Crippen LogP contribution >= 0.6 is 0 Å². The summed E-state index contributed by atoms with van der Waals surface area (Å²) in [5, 5.41) is 2.79. The first-order chi connectivity index (χ1) is 13.9. The van der Waals surface area contributed by atoms with Crippen LogP contribution in [0.15, 0.2) is 53.7 Å². The summed E-state index contributed by atoms with van der Waals surface area (Å²) in [7, 11) is -3.49. The van der Waals surface area contributed by atoms with Crippen LogP contribution in [0.1, 0.15) is 28.9 Å². The van der Waals surface area contributed by atoms with Crippen LogP contribution in [-0.4, -0.2) is 47.6 Å². The number of imidazole rings is 1. The summed E-state index contributed by atoms with van der Waals surface area (Å²) >= 11 is 0. The van der Waals surface area contributed by atoms with E-state index in [4.69, 9.17) is 0 Å². The van der Waals surface area contributed by atoms with E-state index in [9.17, 15) is 17.6 Å². The highest BCUT2D eigenvalue weighted by Gasteiger charge is 2.27. The third-order valence-electron chi connectivity index (χ3n) is 4.95. The summed E-state index contributed by atoms with van der Waals surface area (Å²) in [4.78, 5) is 16.9. The van der Waals surface area contributed by atoms with Gasteiger partial charge < -0.3 is 9.72 Å². The van der Waals surface area contributed by atoms with Gasteiger partial charge in [0, 0.05) is 44.0 Å². The number of hydrogen-bond acceptors (Lipinski definition) is 4. The molecule has 0 aliphatic carbocycles. The zero-order valence-corrected chi connectivity index (χ0v) is 16.5. The Balaban J connectivity index is 1.35. The number of carbonyl (C=O) groups is 1. The molecule has 0 saturated carbocycles. The first-order valence-corrected chi connectivity index (χ1v) is 10.9. The van der Waals surface area contributed by atoms with E-state index in [0.717, 1.165) is 18.5 Å². The van der Waals surface area contributed by atoms with Crippen LogP contribution in [0.4, 0.5) is 4.39 Å². The van der Waals surface area contributed by atoms with Crippen LogP contribution in [0.3, 0.4) is 0 Å². The summed E-state index contributed by atoms with van der Waals surface area (Å²) in [5.74, 6) is -0.630. The number of rotatable bonds is 6. The number of hydrogen-bond donors (Lipinski definition) is 1. The fourth-order valence-electron chi connectivity index (χ4n) is 3.40. The van der Waals surface area contributed by atoms with Crippen LogP contribution in [-0.2, 0) is 16.4 Å². The summed E-state index contributed by atoms with van der Waals surface area (Å²) in [6, 6.07) is 8.92. The van der Waals surface area contributed by atoms with Crippen molar-refractivity contribution >= 4 is 21.6 Å². The molecule has 9 heteroatoms. The average molecular weight is 416 g/mol. The number of nitrogens with one attached hydrogen (secondary N) is 1. The fourth-order valence-corrected chi connectivity index (χ4v) is 4.92. The second kappa shape index (κ2) is 7.92. The predicted octanol–water partition coefficient (Wildman–Crippen LogP) is 2.23. The lowest BCUT2D eigenvalue weighted by Gasteiger charge is -2.15. The molecule has 29 heavy (non-hydrogen) atoms. The Kier molecular flexibility index (Phi) is 5.33. The molecule has 0 spiro atoms. The maximum Gasteiger partial charge on any atom is 0.251 e. The molecular formula is C20H21FN4O3S. The highest BCUT2D eigenvalue weighted by atomic mass is 32.2. The van der Waals surface area contributed by atoms with Gasteiger partial charge in [-0.15, -0.1) is 0 Å². The molecule has 1 N–H and O–H groups in total. The Morgan fingerprint density at radius 2 is 1.79 bits per heavy atom. The molecule has 0 bridgehead atoms.